The maximum Gasteiger partial charge on any atom is 0.336 e. The molecule has 0 saturated heterocycles. The topological polar surface area (TPSA) is 144 Å². The predicted octanol–water partition coefficient (Wildman–Crippen LogP) is 2.98. The van der Waals surface area contributed by atoms with Crippen LogP contribution in [0.3, 0.4) is 0 Å². The molecule has 5 rings (SSSR count). The number of anilines is 1. The number of pyridine rings is 2. The number of hydrogen-bond donors (Lipinski definition) is 3. The number of carboxylic acid groups (broad SMARTS) is 1. The van der Waals surface area contributed by atoms with Crippen molar-refractivity contribution in [3.8, 4) is 16.9 Å². The fraction of sp³-hybridized carbons (Fsp3) is 0. The van der Waals surface area contributed by atoms with Gasteiger partial charge in [0.2, 0.25) is 0 Å². The zero-order chi connectivity index (χ0) is 23.4. The van der Waals surface area contributed by atoms with Crippen molar-refractivity contribution in [2.45, 2.75) is 0 Å². The van der Waals surface area contributed by atoms with Crippen molar-refractivity contribution in [3.63, 3.8) is 0 Å². The molecule has 0 unspecified atom stereocenters. The minimum absolute atomic E-state index is 0.0624. The standard InChI is InChI=1S/C23H13BrN4O5/c24-11-4-5-16-13(7-11)14(23(32)33)8-17(26-16)10-2-1-3-12(6-10)28-18(29)9-15-19(20(28)25)22(31)27-21(15)30/h1-9H,25H2,(H,32,33)(H,27,30,31). The molecule has 0 aliphatic carbocycles. The van der Waals surface area contributed by atoms with Crippen LogP contribution in [-0.4, -0.2) is 32.4 Å². The van der Waals surface area contributed by atoms with Crippen LogP contribution < -0.4 is 16.6 Å². The Morgan fingerprint density at radius 2 is 1.82 bits per heavy atom. The number of amides is 2. The highest BCUT2D eigenvalue weighted by molar-refractivity contribution is 9.10. The number of rotatable bonds is 3. The third-order valence-electron chi connectivity index (χ3n) is 5.35. The molecular formula is C23H13BrN4O5. The van der Waals surface area contributed by atoms with E-state index in [1.54, 1.807) is 42.5 Å². The number of carbonyl (C=O) groups excluding carboxylic acids is 2. The molecule has 2 amide bonds. The number of aromatic carboxylic acids is 1. The molecule has 33 heavy (non-hydrogen) atoms. The first kappa shape index (κ1) is 20.6. The average molecular weight is 505 g/mol. The van der Waals surface area contributed by atoms with Crippen LogP contribution in [0.25, 0.3) is 27.8 Å². The summed E-state index contributed by atoms with van der Waals surface area (Å²) in [7, 11) is 0. The lowest BCUT2D eigenvalue weighted by atomic mass is 10.0. The van der Waals surface area contributed by atoms with E-state index in [-0.39, 0.29) is 22.5 Å². The lowest BCUT2D eigenvalue weighted by molar-refractivity contribution is 0.0698. The molecule has 0 spiro atoms. The van der Waals surface area contributed by atoms with Crippen LogP contribution in [0.2, 0.25) is 0 Å². The van der Waals surface area contributed by atoms with Crippen LogP contribution in [0, 0.1) is 0 Å². The maximum absolute atomic E-state index is 12.7. The minimum Gasteiger partial charge on any atom is -0.478 e. The smallest absolute Gasteiger partial charge is 0.336 e. The molecule has 0 saturated carbocycles. The molecule has 1 aliphatic heterocycles. The Balaban J connectivity index is 1.70. The SMILES string of the molecule is Nc1c2c(cc(=O)n1-c1cccc(-c3cc(C(=O)O)c4cc(Br)ccc4n3)c1)C(=O)NC2=O. The molecule has 1 aliphatic rings. The summed E-state index contributed by atoms with van der Waals surface area (Å²) >= 11 is 3.34. The number of benzene rings is 2. The number of hydrogen-bond acceptors (Lipinski definition) is 6. The van der Waals surface area contributed by atoms with Gasteiger partial charge in [-0.2, -0.15) is 0 Å². The van der Waals surface area contributed by atoms with E-state index in [4.69, 9.17) is 5.73 Å². The molecule has 2 aromatic carbocycles. The van der Waals surface area contributed by atoms with Crippen molar-refractivity contribution in [2.24, 2.45) is 0 Å². The monoisotopic (exact) mass is 504 g/mol. The molecular weight excluding hydrogens is 492 g/mol. The van der Waals surface area contributed by atoms with Gasteiger partial charge in [-0.05, 0) is 36.4 Å². The minimum atomic E-state index is -1.10. The van der Waals surface area contributed by atoms with Gasteiger partial charge in [-0.15, -0.1) is 0 Å². The summed E-state index contributed by atoms with van der Waals surface area (Å²) < 4.78 is 1.85. The number of nitrogens with one attached hydrogen (secondary N) is 1. The number of halogens is 1. The third-order valence-corrected chi connectivity index (χ3v) is 5.85. The molecule has 2 aromatic heterocycles. The summed E-state index contributed by atoms with van der Waals surface area (Å²) in [5.41, 5.74) is 7.21. The number of imide groups is 1. The highest BCUT2D eigenvalue weighted by Crippen LogP contribution is 2.29. The van der Waals surface area contributed by atoms with Gasteiger partial charge in [0, 0.05) is 21.5 Å². The van der Waals surface area contributed by atoms with Crippen molar-refractivity contribution in [3.05, 3.63) is 86.1 Å². The van der Waals surface area contributed by atoms with E-state index in [1.165, 1.54) is 6.07 Å². The van der Waals surface area contributed by atoms with E-state index in [0.717, 1.165) is 15.1 Å². The van der Waals surface area contributed by atoms with Crippen LogP contribution >= 0.6 is 15.9 Å². The van der Waals surface area contributed by atoms with Crippen molar-refractivity contribution in [1.82, 2.24) is 14.9 Å². The number of carboxylic acids is 1. The number of nitrogens with two attached hydrogens (primary N) is 1. The number of carbonyl (C=O) groups is 3. The van der Waals surface area contributed by atoms with E-state index < -0.39 is 23.3 Å². The van der Waals surface area contributed by atoms with Crippen molar-refractivity contribution in [2.75, 3.05) is 5.73 Å². The lowest BCUT2D eigenvalue weighted by Crippen LogP contribution is -2.24. The van der Waals surface area contributed by atoms with Gasteiger partial charge in [-0.3, -0.25) is 24.3 Å². The second-order valence-electron chi connectivity index (χ2n) is 7.35. The van der Waals surface area contributed by atoms with Gasteiger partial charge in [-0.1, -0.05) is 28.1 Å². The summed E-state index contributed by atoms with van der Waals surface area (Å²) in [4.78, 5) is 53.2. The highest BCUT2D eigenvalue weighted by atomic mass is 79.9. The molecule has 4 N–H and O–H groups in total. The zero-order valence-electron chi connectivity index (χ0n) is 16.6. The summed E-state index contributed by atoms with van der Waals surface area (Å²) in [6.07, 6.45) is 0. The summed E-state index contributed by atoms with van der Waals surface area (Å²) in [6.45, 7) is 0. The predicted molar refractivity (Wildman–Crippen MR) is 124 cm³/mol. The molecule has 4 aromatic rings. The number of nitrogen functional groups attached to an aromatic ring is 1. The normalized spacial score (nSPS) is 12.6. The number of fused-ring (bicyclic) bond motifs is 2. The fourth-order valence-corrected chi connectivity index (χ4v) is 4.23. The fourth-order valence-electron chi connectivity index (χ4n) is 3.87. The summed E-state index contributed by atoms with van der Waals surface area (Å²) in [6, 6.07) is 14.3. The summed E-state index contributed by atoms with van der Waals surface area (Å²) in [5, 5.41) is 12.3. The van der Waals surface area contributed by atoms with Gasteiger partial charge < -0.3 is 10.8 Å². The van der Waals surface area contributed by atoms with Crippen molar-refractivity contribution >= 4 is 50.4 Å². The Labute approximate surface area is 193 Å². The van der Waals surface area contributed by atoms with Gasteiger partial charge in [-0.25, -0.2) is 9.78 Å². The van der Waals surface area contributed by atoms with Crippen LogP contribution in [-0.2, 0) is 0 Å². The first-order valence-electron chi connectivity index (χ1n) is 9.60. The molecule has 9 nitrogen and oxygen atoms in total. The Hall–Kier alpha value is -4.31. The zero-order valence-corrected chi connectivity index (χ0v) is 18.2. The molecule has 0 fully saturated rings. The van der Waals surface area contributed by atoms with E-state index in [1.807, 2.05) is 0 Å². The maximum atomic E-state index is 12.7. The van der Waals surface area contributed by atoms with E-state index in [2.05, 4.69) is 26.2 Å². The Morgan fingerprint density at radius 3 is 2.58 bits per heavy atom. The molecule has 3 heterocycles. The second kappa shape index (κ2) is 7.38. The van der Waals surface area contributed by atoms with Crippen LogP contribution in [0.15, 0.2) is 63.9 Å². The number of aromatic nitrogens is 2. The van der Waals surface area contributed by atoms with Gasteiger partial charge >= 0.3 is 5.97 Å². The Kier molecular flexibility index (Phi) is 4.61. The molecule has 0 atom stereocenters. The first-order valence-corrected chi connectivity index (χ1v) is 10.4. The van der Waals surface area contributed by atoms with Gasteiger partial charge in [0.05, 0.1) is 33.6 Å². The van der Waals surface area contributed by atoms with Crippen LogP contribution in [0.4, 0.5) is 5.82 Å². The van der Waals surface area contributed by atoms with E-state index in [9.17, 15) is 24.3 Å². The van der Waals surface area contributed by atoms with Crippen LogP contribution in [0.5, 0.6) is 0 Å². The molecule has 10 heteroatoms. The van der Waals surface area contributed by atoms with Crippen LogP contribution in [0.1, 0.15) is 31.1 Å². The summed E-state index contributed by atoms with van der Waals surface area (Å²) in [5.74, 6) is -2.62. The van der Waals surface area contributed by atoms with Gasteiger partial charge in [0.25, 0.3) is 17.4 Å². The molecule has 162 valence electrons. The lowest BCUT2D eigenvalue weighted by Gasteiger charge is -2.13. The first-order chi connectivity index (χ1) is 15.7. The quantitative estimate of drug-likeness (QED) is 0.363. The average Bonchev–Trinajstić information content (AvgIpc) is 3.06. The van der Waals surface area contributed by atoms with Crippen molar-refractivity contribution < 1.29 is 19.5 Å². The Bertz CT molecular complexity index is 1610. The largest absolute Gasteiger partial charge is 0.478 e. The highest BCUT2D eigenvalue weighted by Gasteiger charge is 2.31. The van der Waals surface area contributed by atoms with E-state index >= 15 is 0 Å². The van der Waals surface area contributed by atoms with Gasteiger partial charge in [0.15, 0.2) is 0 Å². The molecule has 0 bridgehead atoms. The second-order valence-corrected chi connectivity index (χ2v) is 8.26. The van der Waals surface area contributed by atoms with Gasteiger partial charge in [0.1, 0.15) is 5.82 Å². The third kappa shape index (κ3) is 3.28. The molecule has 0 radical (unpaired) electrons. The van der Waals surface area contributed by atoms with E-state index in [0.29, 0.717) is 27.8 Å². The Morgan fingerprint density at radius 1 is 1.03 bits per heavy atom. The van der Waals surface area contributed by atoms with Crippen molar-refractivity contribution in [1.29, 1.82) is 0 Å². The number of nitrogens with zero attached hydrogens (tertiary/aromatic N) is 2.